The molecule has 0 saturated carbocycles. The summed E-state index contributed by atoms with van der Waals surface area (Å²) in [6.45, 7) is 4.90. The molecule has 0 aliphatic heterocycles. The highest BCUT2D eigenvalue weighted by Gasteiger charge is 2.15. The molecule has 0 unspecified atom stereocenters. The average Bonchev–Trinajstić information content (AvgIpc) is 2.81. The third-order valence-corrected chi connectivity index (χ3v) is 5.44. The summed E-state index contributed by atoms with van der Waals surface area (Å²) >= 11 is 0. The molecule has 3 aromatic carbocycles. The zero-order valence-corrected chi connectivity index (χ0v) is 18.4. The molecule has 1 amide bonds. The van der Waals surface area contributed by atoms with Crippen molar-refractivity contribution in [2.24, 2.45) is 0 Å². The van der Waals surface area contributed by atoms with Gasteiger partial charge in [-0.15, -0.1) is 0 Å². The second-order valence-electron chi connectivity index (χ2n) is 7.89. The van der Waals surface area contributed by atoms with Crippen LogP contribution in [0.25, 0.3) is 11.1 Å². The van der Waals surface area contributed by atoms with Crippen molar-refractivity contribution in [2.45, 2.75) is 20.3 Å². The highest BCUT2D eigenvalue weighted by molar-refractivity contribution is 6.09. The lowest BCUT2D eigenvalue weighted by Crippen LogP contribution is -2.14. The predicted octanol–water partition coefficient (Wildman–Crippen LogP) is 6.27. The van der Waals surface area contributed by atoms with E-state index in [1.54, 1.807) is 0 Å². The van der Waals surface area contributed by atoms with E-state index in [0.29, 0.717) is 5.56 Å². The van der Waals surface area contributed by atoms with Gasteiger partial charge in [-0.2, -0.15) is 0 Å². The van der Waals surface area contributed by atoms with Gasteiger partial charge in [-0.3, -0.25) is 9.78 Å². The summed E-state index contributed by atoms with van der Waals surface area (Å²) in [6, 6.07) is 27.9. The summed E-state index contributed by atoms with van der Waals surface area (Å²) in [6.07, 6.45) is 2.67. The lowest BCUT2D eigenvalue weighted by molar-refractivity contribution is 0.102. The van der Waals surface area contributed by atoms with Crippen molar-refractivity contribution in [2.75, 3.05) is 17.2 Å². The van der Waals surface area contributed by atoms with E-state index in [0.717, 1.165) is 46.7 Å². The van der Waals surface area contributed by atoms with Crippen LogP contribution >= 0.6 is 0 Å². The van der Waals surface area contributed by atoms with E-state index in [9.17, 15) is 4.79 Å². The van der Waals surface area contributed by atoms with Gasteiger partial charge in [-0.25, -0.2) is 0 Å². The number of rotatable bonds is 7. The monoisotopic (exact) mass is 421 g/mol. The maximum Gasteiger partial charge on any atom is 0.256 e. The third kappa shape index (κ3) is 5.22. The topological polar surface area (TPSA) is 54.0 Å². The molecule has 0 saturated heterocycles. The number of pyridine rings is 1. The molecule has 0 spiro atoms. The molecule has 4 aromatic rings. The second-order valence-corrected chi connectivity index (χ2v) is 7.89. The Hall–Kier alpha value is -3.92. The minimum absolute atomic E-state index is 0.111. The second kappa shape index (κ2) is 9.92. The Morgan fingerprint density at radius 1 is 0.812 bits per heavy atom. The van der Waals surface area contributed by atoms with E-state index in [1.807, 2.05) is 73.8 Å². The van der Waals surface area contributed by atoms with Crippen molar-refractivity contribution in [3.63, 3.8) is 0 Å². The Labute approximate surface area is 189 Å². The van der Waals surface area contributed by atoms with Crippen molar-refractivity contribution in [3.8, 4) is 11.1 Å². The van der Waals surface area contributed by atoms with Crippen LogP contribution in [-0.4, -0.2) is 17.4 Å². The lowest BCUT2D eigenvalue weighted by Gasteiger charge is -2.14. The number of nitrogens with one attached hydrogen (secondary N) is 2. The van der Waals surface area contributed by atoms with Crippen LogP contribution in [0.5, 0.6) is 0 Å². The normalized spacial score (nSPS) is 10.6. The number of hydrogen-bond donors (Lipinski definition) is 2. The molecule has 1 heterocycles. The molecule has 0 fully saturated rings. The van der Waals surface area contributed by atoms with Gasteiger partial charge < -0.3 is 10.6 Å². The fraction of sp³-hybridized carbons (Fsp3) is 0.143. The number of aromatic nitrogens is 1. The van der Waals surface area contributed by atoms with Crippen LogP contribution in [-0.2, 0) is 6.42 Å². The first-order valence-electron chi connectivity index (χ1n) is 10.8. The van der Waals surface area contributed by atoms with Gasteiger partial charge in [0.05, 0.1) is 0 Å². The van der Waals surface area contributed by atoms with Crippen LogP contribution in [0.1, 0.15) is 27.2 Å². The summed E-state index contributed by atoms with van der Waals surface area (Å²) < 4.78 is 0. The van der Waals surface area contributed by atoms with Gasteiger partial charge in [-0.05, 0) is 73.0 Å². The first-order valence-corrected chi connectivity index (χ1v) is 10.8. The Morgan fingerprint density at radius 2 is 1.56 bits per heavy atom. The van der Waals surface area contributed by atoms with Gasteiger partial charge in [0.15, 0.2) is 0 Å². The lowest BCUT2D eigenvalue weighted by atomic mass is 9.94. The quantitative estimate of drug-likeness (QED) is 0.370. The van der Waals surface area contributed by atoms with Crippen molar-refractivity contribution in [3.05, 3.63) is 114 Å². The van der Waals surface area contributed by atoms with E-state index in [2.05, 4.69) is 46.8 Å². The predicted molar refractivity (Wildman–Crippen MR) is 132 cm³/mol. The fourth-order valence-corrected chi connectivity index (χ4v) is 3.71. The van der Waals surface area contributed by atoms with Gasteiger partial charge in [0.25, 0.3) is 5.91 Å². The summed E-state index contributed by atoms with van der Waals surface area (Å²) in [5.74, 6) is -0.111. The molecule has 0 aliphatic rings. The van der Waals surface area contributed by atoms with Gasteiger partial charge in [0.1, 0.15) is 0 Å². The standard InChI is InChI=1S/C28H27N3O/c1-20-9-11-22(12-10-20)27-21(2)6-5-8-26(27)28(32)31-25-15-13-24(14-16-25)30-19-17-23-7-3-4-18-29-23/h3-16,18,30H,17,19H2,1-2H3,(H,31,32). The Kier molecular flexibility index (Phi) is 6.61. The van der Waals surface area contributed by atoms with Crippen LogP contribution in [0.15, 0.2) is 91.1 Å². The Balaban J connectivity index is 1.43. The number of nitrogens with zero attached hydrogens (tertiary/aromatic N) is 1. The largest absolute Gasteiger partial charge is 0.385 e. The smallest absolute Gasteiger partial charge is 0.256 e. The molecule has 32 heavy (non-hydrogen) atoms. The Morgan fingerprint density at radius 3 is 2.28 bits per heavy atom. The van der Waals surface area contributed by atoms with E-state index < -0.39 is 0 Å². The number of amides is 1. The summed E-state index contributed by atoms with van der Waals surface area (Å²) in [5.41, 5.74) is 7.80. The molecular formula is C28H27N3O. The van der Waals surface area contributed by atoms with Gasteiger partial charge in [-0.1, -0.05) is 48.0 Å². The number of benzene rings is 3. The maximum atomic E-state index is 13.1. The zero-order chi connectivity index (χ0) is 22.3. The first-order chi connectivity index (χ1) is 15.6. The summed E-state index contributed by atoms with van der Waals surface area (Å²) in [5, 5.41) is 6.43. The van der Waals surface area contributed by atoms with Crippen LogP contribution in [0.3, 0.4) is 0 Å². The number of aryl methyl sites for hydroxylation is 2. The zero-order valence-electron chi connectivity index (χ0n) is 18.4. The van der Waals surface area contributed by atoms with E-state index in [1.165, 1.54) is 5.56 Å². The van der Waals surface area contributed by atoms with E-state index >= 15 is 0 Å². The number of anilines is 2. The molecule has 160 valence electrons. The number of hydrogen-bond acceptors (Lipinski definition) is 3. The van der Waals surface area contributed by atoms with Crippen molar-refractivity contribution < 1.29 is 4.79 Å². The first kappa shape index (κ1) is 21.3. The van der Waals surface area contributed by atoms with E-state index in [-0.39, 0.29) is 5.91 Å². The minimum atomic E-state index is -0.111. The van der Waals surface area contributed by atoms with Gasteiger partial charge in [0, 0.05) is 41.8 Å². The number of carbonyl (C=O) groups excluding carboxylic acids is 1. The van der Waals surface area contributed by atoms with Gasteiger partial charge in [0.2, 0.25) is 0 Å². The third-order valence-electron chi connectivity index (χ3n) is 5.44. The van der Waals surface area contributed by atoms with Crippen LogP contribution in [0, 0.1) is 13.8 Å². The fourth-order valence-electron chi connectivity index (χ4n) is 3.71. The minimum Gasteiger partial charge on any atom is -0.385 e. The molecular weight excluding hydrogens is 394 g/mol. The maximum absolute atomic E-state index is 13.1. The van der Waals surface area contributed by atoms with Crippen molar-refractivity contribution >= 4 is 17.3 Å². The Bertz CT molecular complexity index is 1180. The van der Waals surface area contributed by atoms with Crippen molar-refractivity contribution in [1.29, 1.82) is 0 Å². The molecule has 4 rings (SSSR count). The van der Waals surface area contributed by atoms with Crippen molar-refractivity contribution in [1.82, 2.24) is 4.98 Å². The van der Waals surface area contributed by atoms with E-state index in [4.69, 9.17) is 0 Å². The highest BCUT2D eigenvalue weighted by atomic mass is 16.1. The molecule has 4 heteroatoms. The molecule has 0 atom stereocenters. The summed E-state index contributed by atoms with van der Waals surface area (Å²) in [4.78, 5) is 17.4. The summed E-state index contributed by atoms with van der Waals surface area (Å²) in [7, 11) is 0. The molecule has 1 aromatic heterocycles. The van der Waals surface area contributed by atoms with Crippen LogP contribution in [0.2, 0.25) is 0 Å². The molecule has 4 nitrogen and oxygen atoms in total. The SMILES string of the molecule is Cc1ccc(-c2c(C)cccc2C(=O)Nc2ccc(NCCc3ccccn3)cc2)cc1. The number of carbonyl (C=O) groups is 1. The molecule has 0 aliphatic carbocycles. The highest BCUT2D eigenvalue weighted by Crippen LogP contribution is 2.28. The van der Waals surface area contributed by atoms with Gasteiger partial charge >= 0.3 is 0 Å². The molecule has 2 N–H and O–H groups in total. The average molecular weight is 422 g/mol. The molecule has 0 bridgehead atoms. The van der Waals surface area contributed by atoms with Crippen LogP contribution < -0.4 is 10.6 Å². The molecule has 0 radical (unpaired) electrons. The van der Waals surface area contributed by atoms with Crippen LogP contribution in [0.4, 0.5) is 11.4 Å².